The number of aliphatic imine (C=N–C) groups is 1. The molecule has 1 aliphatic carbocycles. The zero-order valence-corrected chi connectivity index (χ0v) is 9.79. The summed E-state index contributed by atoms with van der Waals surface area (Å²) in [4.78, 5) is 4.10. The van der Waals surface area contributed by atoms with Crippen LogP contribution in [-0.4, -0.2) is 29.8 Å². The van der Waals surface area contributed by atoms with Crippen molar-refractivity contribution in [1.29, 1.82) is 0 Å². The number of guanidine groups is 1. The lowest BCUT2D eigenvalue weighted by atomic mass is 9.77. The van der Waals surface area contributed by atoms with Crippen LogP contribution >= 0.6 is 0 Å². The summed E-state index contributed by atoms with van der Waals surface area (Å²) >= 11 is 0. The minimum Gasteiger partial charge on any atom is -0.394 e. The number of hydrogen-bond donors (Lipinski definition) is 3. The van der Waals surface area contributed by atoms with E-state index in [1.807, 2.05) is 6.92 Å². The first kappa shape index (κ1) is 12.3. The van der Waals surface area contributed by atoms with E-state index in [1.54, 1.807) is 0 Å². The van der Waals surface area contributed by atoms with Crippen molar-refractivity contribution in [3.8, 4) is 0 Å². The van der Waals surface area contributed by atoms with Crippen LogP contribution in [0.2, 0.25) is 0 Å². The number of rotatable bonds is 3. The Morgan fingerprint density at radius 2 is 2.13 bits per heavy atom. The highest BCUT2D eigenvalue weighted by atomic mass is 16.3. The van der Waals surface area contributed by atoms with Gasteiger partial charge in [-0.25, -0.2) is 0 Å². The van der Waals surface area contributed by atoms with Gasteiger partial charge >= 0.3 is 0 Å². The summed E-state index contributed by atoms with van der Waals surface area (Å²) in [5.74, 6) is 1.22. The molecule has 0 atom stereocenters. The van der Waals surface area contributed by atoms with E-state index < -0.39 is 0 Å². The van der Waals surface area contributed by atoms with Crippen LogP contribution in [-0.2, 0) is 0 Å². The molecule has 0 heterocycles. The molecule has 0 aromatic heterocycles. The molecule has 0 aromatic carbocycles. The quantitative estimate of drug-likeness (QED) is 0.481. The van der Waals surface area contributed by atoms with Gasteiger partial charge in [-0.1, -0.05) is 6.92 Å². The van der Waals surface area contributed by atoms with Crippen molar-refractivity contribution in [3.63, 3.8) is 0 Å². The van der Waals surface area contributed by atoms with Crippen LogP contribution in [0.3, 0.4) is 0 Å². The molecule has 0 bridgehead atoms. The minimum absolute atomic E-state index is 0.139. The van der Waals surface area contributed by atoms with Crippen LogP contribution in [0, 0.1) is 5.92 Å². The summed E-state index contributed by atoms with van der Waals surface area (Å²) in [7, 11) is 0. The Bertz CT molecular complexity index is 220. The lowest BCUT2D eigenvalue weighted by molar-refractivity contribution is 0.122. The molecule has 0 aromatic rings. The van der Waals surface area contributed by atoms with Gasteiger partial charge in [-0.2, -0.15) is 0 Å². The van der Waals surface area contributed by atoms with Crippen molar-refractivity contribution >= 4 is 5.96 Å². The molecule has 15 heavy (non-hydrogen) atoms. The molecule has 0 spiro atoms. The Balaban J connectivity index is 2.57. The predicted molar refractivity (Wildman–Crippen MR) is 62.7 cm³/mol. The summed E-state index contributed by atoms with van der Waals surface area (Å²) in [6.45, 7) is 5.02. The Morgan fingerprint density at radius 3 is 2.60 bits per heavy atom. The highest BCUT2D eigenvalue weighted by molar-refractivity contribution is 5.78. The molecule has 4 heteroatoms. The maximum Gasteiger partial charge on any atom is 0.189 e. The largest absolute Gasteiger partial charge is 0.394 e. The molecule has 0 saturated heterocycles. The fourth-order valence-corrected chi connectivity index (χ4v) is 2.12. The third-order valence-electron chi connectivity index (χ3n) is 3.26. The van der Waals surface area contributed by atoms with Crippen LogP contribution in [0.4, 0.5) is 0 Å². The van der Waals surface area contributed by atoms with Crippen LogP contribution in [0.15, 0.2) is 4.99 Å². The summed E-state index contributed by atoms with van der Waals surface area (Å²) in [5.41, 5.74) is 5.51. The molecular formula is C11H23N3O. The van der Waals surface area contributed by atoms with Crippen molar-refractivity contribution in [2.24, 2.45) is 16.6 Å². The fraction of sp³-hybridized carbons (Fsp3) is 0.909. The zero-order chi connectivity index (χ0) is 11.3. The van der Waals surface area contributed by atoms with E-state index >= 15 is 0 Å². The van der Waals surface area contributed by atoms with E-state index in [9.17, 15) is 5.11 Å². The molecule has 0 radical (unpaired) electrons. The molecule has 1 rings (SSSR count). The van der Waals surface area contributed by atoms with Crippen molar-refractivity contribution < 1.29 is 5.11 Å². The molecule has 0 unspecified atom stereocenters. The molecule has 1 fully saturated rings. The van der Waals surface area contributed by atoms with E-state index in [-0.39, 0.29) is 12.1 Å². The maximum absolute atomic E-state index is 9.47. The van der Waals surface area contributed by atoms with Gasteiger partial charge in [0, 0.05) is 6.54 Å². The second kappa shape index (κ2) is 5.35. The normalized spacial score (nSPS) is 32.7. The highest BCUT2D eigenvalue weighted by Crippen LogP contribution is 2.31. The molecule has 4 nitrogen and oxygen atoms in total. The number of aliphatic hydroxyl groups is 1. The highest BCUT2D eigenvalue weighted by Gasteiger charge is 2.33. The number of nitrogens with zero attached hydrogens (tertiary/aromatic N) is 1. The fourth-order valence-electron chi connectivity index (χ4n) is 2.12. The number of aliphatic hydroxyl groups excluding tert-OH is 1. The average Bonchev–Trinajstić information content (AvgIpc) is 2.22. The Hall–Kier alpha value is -0.770. The van der Waals surface area contributed by atoms with Gasteiger partial charge < -0.3 is 16.2 Å². The van der Waals surface area contributed by atoms with Crippen LogP contribution in [0.5, 0.6) is 0 Å². The van der Waals surface area contributed by atoms with E-state index in [1.165, 1.54) is 0 Å². The second-order valence-electron chi connectivity index (χ2n) is 4.61. The number of nitrogens with one attached hydrogen (secondary N) is 1. The van der Waals surface area contributed by atoms with Gasteiger partial charge in [0.1, 0.15) is 0 Å². The first-order valence-electron chi connectivity index (χ1n) is 5.81. The summed E-state index contributed by atoms with van der Waals surface area (Å²) in [6.07, 6.45) is 4.25. The smallest absolute Gasteiger partial charge is 0.189 e. The van der Waals surface area contributed by atoms with E-state index in [4.69, 9.17) is 5.73 Å². The van der Waals surface area contributed by atoms with Crippen molar-refractivity contribution in [2.45, 2.75) is 45.1 Å². The molecule has 1 aliphatic rings. The molecule has 0 aliphatic heterocycles. The van der Waals surface area contributed by atoms with Crippen LogP contribution in [0.1, 0.15) is 39.5 Å². The average molecular weight is 213 g/mol. The summed E-state index contributed by atoms with van der Waals surface area (Å²) in [5, 5.41) is 12.7. The standard InChI is InChI=1S/C11H23N3O/c1-3-13-10(12)14-11(8-15)6-4-9(2)5-7-11/h9,15H,3-8H2,1-2H3,(H3,12,13,14). The number of nitrogens with two attached hydrogens (primary N) is 1. The Labute approximate surface area is 92.0 Å². The monoisotopic (exact) mass is 213 g/mol. The third kappa shape index (κ3) is 3.38. The first-order chi connectivity index (χ1) is 7.12. The molecule has 4 N–H and O–H groups in total. The molecule has 1 saturated carbocycles. The topological polar surface area (TPSA) is 70.6 Å². The lowest BCUT2D eigenvalue weighted by Crippen LogP contribution is -2.55. The van der Waals surface area contributed by atoms with Crippen molar-refractivity contribution in [1.82, 2.24) is 5.32 Å². The molecular weight excluding hydrogens is 190 g/mol. The van der Waals surface area contributed by atoms with Gasteiger partial charge in [0.15, 0.2) is 5.96 Å². The van der Waals surface area contributed by atoms with Crippen LogP contribution in [0.25, 0.3) is 0 Å². The summed E-state index contributed by atoms with van der Waals surface area (Å²) in [6, 6.07) is 0. The van der Waals surface area contributed by atoms with E-state index in [0.29, 0.717) is 12.5 Å². The van der Waals surface area contributed by atoms with Gasteiger partial charge in [-0.15, -0.1) is 0 Å². The maximum atomic E-state index is 9.47. The predicted octanol–water partition coefficient (Wildman–Crippen LogP) is 0.852. The third-order valence-corrected chi connectivity index (χ3v) is 3.26. The SMILES string of the molecule is CCN=C(N)NC1(CO)CCC(C)CC1. The van der Waals surface area contributed by atoms with E-state index in [0.717, 1.165) is 31.6 Å². The van der Waals surface area contributed by atoms with Crippen molar-refractivity contribution in [3.05, 3.63) is 0 Å². The van der Waals surface area contributed by atoms with E-state index in [2.05, 4.69) is 17.2 Å². The first-order valence-corrected chi connectivity index (χ1v) is 5.81. The molecule has 0 amide bonds. The Kier molecular flexibility index (Phi) is 4.39. The van der Waals surface area contributed by atoms with Gasteiger partial charge in [0.25, 0.3) is 0 Å². The van der Waals surface area contributed by atoms with Crippen molar-refractivity contribution in [2.75, 3.05) is 13.2 Å². The lowest BCUT2D eigenvalue weighted by Gasteiger charge is -2.39. The van der Waals surface area contributed by atoms with Gasteiger partial charge in [-0.3, -0.25) is 4.99 Å². The zero-order valence-electron chi connectivity index (χ0n) is 9.79. The second-order valence-corrected chi connectivity index (χ2v) is 4.61. The minimum atomic E-state index is -0.227. The van der Waals surface area contributed by atoms with Gasteiger partial charge in [0.2, 0.25) is 0 Å². The Morgan fingerprint density at radius 1 is 1.53 bits per heavy atom. The van der Waals surface area contributed by atoms with Gasteiger partial charge in [0.05, 0.1) is 12.1 Å². The molecule has 88 valence electrons. The summed E-state index contributed by atoms with van der Waals surface area (Å²) < 4.78 is 0. The number of hydrogen-bond acceptors (Lipinski definition) is 2. The van der Waals surface area contributed by atoms with Gasteiger partial charge in [-0.05, 0) is 38.5 Å². The van der Waals surface area contributed by atoms with Crippen LogP contribution < -0.4 is 11.1 Å².